The van der Waals surface area contributed by atoms with Crippen LogP contribution < -0.4 is 5.32 Å². The molecule has 0 atom stereocenters. The molecule has 1 aliphatic heterocycles. The number of aryl methyl sites for hydroxylation is 1. The largest absolute Gasteiger partial charge is 0.493 e. The van der Waals surface area contributed by atoms with Crippen molar-refractivity contribution < 1.29 is 23.8 Å². The molecule has 2 rings (SSSR count). The first-order valence-corrected chi connectivity index (χ1v) is 7.69. The van der Waals surface area contributed by atoms with E-state index in [2.05, 4.69) is 12.2 Å². The molecule has 0 saturated carbocycles. The summed E-state index contributed by atoms with van der Waals surface area (Å²) in [6.07, 6.45) is 4.51. The lowest BCUT2D eigenvalue weighted by Crippen LogP contribution is -2.23. The number of unbranched alkanes of at least 4 members (excludes halogenated alkanes) is 1. The Kier molecular flexibility index (Phi) is 6.47. The van der Waals surface area contributed by atoms with Crippen molar-refractivity contribution >= 4 is 17.6 Å². The average Bonchev–Trinajstić information content (AvgIpc) is 2.60. The van der Waals surface area contributed by atoms with Gasteiger partial charge in [0.25, 0.3) is 5.91 Å². The van der Waals surface area contributed by atoms with Crippen LogP contribution in [0.4, 0.5) is 5.69 Å². The van der Waals surface area contributed by atoms with E-state index in [1.165, 1.54) is 11.8 Å². The summed E-state index contributed by atoms with van der Waals surface area (Å²) in [6.45, 7) is 2.45. The quantitative estimate of drug-likeness (QED) is 0.781. The molecule has 0 aliphatic carbocycles. The van der Waals surface area contributed by atoms with E-state index in [-0.39, 0.29) is 19.0 Å². The highest BCUT2D eigenvalue weighted by Crippen LogP contribution is 2.12. The van der Waals surface area contributed by atoms with Gasteiger partial charge in [-0.15, -0.1) is 0 Å². The zero-order valence-corrected chi connectivity index (χ0v) is 13.2. The van der Waals surface area contributed by atoms with Gasteiger partial charge in [-0.05, 0) is 30.5 Å². The zero-order chi connectivity index (χ0) is 16.5. The van der Waals surface area contributed by atoms with E-state index in [1.54, 1.807) is 0 Å². The summed E-state index contributed by atoms with van der Waals surface area (Å²) >= 11 is 0. The number of rotatable bonds is 7. The maximum Gasteiger partial charge on any atom is 0.377 e. The van der Waals surface area contributed by atoms with E-state index in [4.69, 9.17) is 14.2 Å². The summed E-state index contributed by atoms with van der Waals surface area (Å²) in [5.41, 5.74) is 1.90. The number of ether oxygens (including phenoxy) is 3. The van der Waals surface area contributed by atoms with E-state index in [0.29, 0.717) is 12.3 Å². The van der Waals surface area contributed by atoms with Gasteiger partial charge < -0.3 is 19.5 Å². The lowest BCUT2D eigenvalue weighted by molar-refractivity contribution is -0.148. The second kappa shape index (κ2) is 8.82. The first-order valence-electron chi connectivity index (χ1n) is 7.69. The normalized spacial score (nSPS) is 13.3. The molecule has 1 aromatic rings. The Morgan fingerprint density at radius 1 is 1.22 bits per heavy atom. The van der Waals surface area contributed by atoms with Gasteiger partial charge >= 0.3 is 5.97 Å². The Labute approximate surface area is 135 Å². The molecule has 0 radical (unpaired) electrons. The van der Waals surface area contributed by atoms with Crippen LogP contribution in [0.25, 0.3) is 0 Å². The Bertz CT molecular complexity index is 565. The van der Waals surface area contributed by atoms with Crippen LogP contribution in [0.15, 0.2) is 36.3 Å². The van der Waals surface area contributed by atoms with Crippen molar-refractivity contribution in [1.82, 2.24) is 0 Å². The van der Waals surface area contributed by atoms with Gasteiger partial charge in [-0.25, -0.2) is 4.79 Å². The molecule has 0 aromatic heterocycles. The molecule has 6 heteroatoms. The number of hydrogen-bond acceptors (Lipinski definition) is 5. The molecule has 0 unspecified atom stereocenters. The summed E-state index contributed by atoms with van der Waals surface area (Å²) in [4.78, 5) is 23.4. The second-order valence-electron chi connectivity index (χ2n) is 5.13. The monoisotopic (exact) mass is 319 g/mol. The number of hydrogen-bond donors (Lipinski definition) is 1. The van der Waals surface area contributed by atoms with Crippen LogP contribution in [0.1, 0.15) is 25.3 Å². The average molecular weight is 319 g/mol. The van der Waals surface area contributed by atoms with Crippen LogP contribution in [0.3, 0.4) is 0 Å². The smallest absolute Gasteiger partial charge is 0.377 e. The van der Waals surface area contributed by atoms with Crippen molar-refractivity contribution in [2.45, 2.75) is 26.2 Å². The van der Waals surface area contributed by atoms with Gasteiger partial charge in [0.15, 0.2) is 6.61 Å². The van der Waals surface area contributed by atoms with Crippen molar-refractivity contribution in [2.24, 2.45) is 0 Å². The standard InChI is InChI=1S/C17H21NO5/c1-2-3-4-13-5-7-14(8-6-13)18-16(19)12-23-17(20)15-11-21-9-10-22-15/h5-8,11H,2-4,9-10,12H2,1H3,(H,18,19). The van der Waals surface area contributed by atoms with E-state index < -0.39 is 11.9 Å². The van der Waals surface area contributed by atoms with Gasteiger partial charge in [0, 0.05) is 5.69 Å². The van der Waals surface area contributed by atoms with Crippen LogP contribution in [-0.2, 0) is 30.2 Å². The molecule has 23 heavy (non-hydrogen) atoms. The Morgan fingerprint density at radius 3 is 2.65 bits per heavy atom. The van der Waals surface area contributed by atoms with E-state index in [9.17, 15) is 9.59 Å². The van der Waals surface area contributed by atoms with Crippen molar-refractivity contribution in [3.05, 3.63) is 41.9 Å². The SMILES string of the molecule is CCCCc1ccc(NC(=O)COC(=O)C2=COCCO2)cc1. The number of carbonyl (C=O) groups is 2. The van der Waals surface area contributed by atoms with Crippen LogP contribution in [-0.4, -0.2) is 31.7 Å². The fourth-order valence-corrected chi connectivity index (χ4v) is 2.01. The molecule has 0 fully saturated rings. The molecular weight excluding hydrogens is 298 g/mol. The number of anilines is 1. The fourth-order valence-electron chi connectivity index (χ4n) is 2.01. The van der Waals surface area contributed by atoms with Crippen LogP contribution in [0.2, 0.25) is 0 Å². The van der Waals surface area contributed by atoms with Crippen molar-refractivity contribution in [3.8, 4) is 0 Å². The molecule has 6 nitrogen and oxygen atoms in total. The topological polar surface area (TPSA) is 73.9 Å². The highest BCUT2D eigenvalue weighted by Gasteiger charge is 2.17. The lowest BCUT2D eigenvalue weighted by Gasteiger charge is -2.14. The number of amides is 1. The first-order chi connectivity index (χ1) is 11.2. The van der Waals surface area contributed by atoms with Gasteiger partial charge in [-0.2, -0.15) is 0 Å². The molecule has 1 aliphatic rings. The van der Waals surface area contributed by atoms with Crippen molar-refractivity contribution in [1.29, 1.82) is 0 Å². The molecule has 0 saturated heterocycles. The lowest BCUT2D eigenvalue weighted by atomic mass is 10.1. The number of esters is 1. The summed E-state index contributed by atoms with van der Waals surface area (Å²) in [7, 11) is 0. The molecule has 1 aromatic carbocycles. The van der Waals surface area contributed by atoms with Gasteiger partial charge in [0.1, 0.15) is 19.5 Å². The highest BCUT2D eigenvalue weighted by molar-refractivity contribution is 5.94. The highest BCUT2D eigenvalue weighted by atomic mass is 16.6. The van der Waals surface area contributed by atoms with Crippen LogP contribution >= 0.6 is 0 Å². The maximum absolute atomic E-state index is 11.8. The third-order valence-corrected chi connectivity index (χ3v) is 3.24. The minimum atomic E-state index is -0.713. The molecule has 124 valence electrons. The third-order valence-electron chi connectivity index (χ3n) is 3.24. The third kappa shape index (κ3) is 5.65. The Morgan fingerprint density at radius 2 is 2.00 bits per heavy atom. The van der Waals surface area contributed by atoms with E-state index in [1.807, 2.05) is 24.3 Å². The van der Waals surface area contributed by atoms with Crippen molar-refractivity contribution in [2.75, 3.05) is 25.1 Å². The Balaban J connectivity index is 1.75. The zero-order valence-electron chi connectivity index (χ0n) is 13.2. The minimum Gasteiger partial charge on any atom is -0.493 e. The summed E-state index contributed by atoms with van der Waals surface area (Å²) < 4.78 is 14.9. The summed E-state index contributed by atoms with van der Waals surface area (Å²) in [6, 6.07) is 7.64. The van der Waals surface area contributed by atoms with Gasteiger partial charge in [-0.1, -0.05) is 25.5 Å². The van der Waals surface area contributed by atoms with E-state index in [0.717, 1.165) is 19.3 Å². The first kappa shape index (κ1) is 16.9. The van der Waals surface area contributed by atoms with Gasteiger partial charge in [-0.3, -0.25) is 4.79 Å². The van der Waals surface area contributed by atoms with Crippen molar-refractivity contribution in [3.63, 3.8) is 0 Å². The number of carbonyl (C=O) groups excluding carboxylic acids is 2. The molecule has 1 N–H and O–H groups in total. The predicted molar refractivity (Wildman–Crippen MR) is 84.6 cm³/mol. The van der Waals surface area contributed by atoms with Crippen LogP contribution in [0.5, 0.6) is 0 Å². The number of benzene rings is 1. The van der Waals surface area contributed by atoms with Crippen LogP contribution in [0, 0.1) is 0 Å². The summed E-state index contributed by atoms with van der Waals surface area (Å²) in [5, 5.41) is 2.68. The van der Waals surface area contributed by atoms with Gasteiger partial charge in [0.05, 0.1) is 0 Å². The summed E-state index contributed by atoms with van der Waals surface area (Å²) in [5.74, 6) is -1.14. The second-order valence-corrected chi connectivity index (χ2v) is 5.13. The number of nitrogens with one attached hydrogen (secondary N) is 1. The Hall–Kier alpha value is -2.50. The minimum absolute atomic E-state index is 0.0238. The van der Waals surface area contributed by atoms with E-state index >= 15 is 0 Å². The maximum atomic E-state index is 11.8. The molecular formula is C17H21NO5. The molecule has 1 amide bonds. The molecule has 0 bridgehead atoms. The fraction of sp³-hybridized carbons (Fsp3) is 0.412. The molecule has 1 heterocycles. The predicted octanol–water partition coefficient (Wildman–Crippen LogP) is 2.40. The van der Waals surface area contributed by atoms with Gasteiger partial charge in [0.2, 0.25) is 5.76 Å². The molecule has 0 spiro atoms.